The van der Waals surface area contributed by atoms with Crippen LogP contribution in [0.1, 0.15) is 40.5 Å². The van der Waals surface area contributed by atoms with Gasteiger partial charge in [0.05, 0.1) is 12.2 Å². The summed E-state index contributed by atoms with van der Waals surface area (Å²) in [7, 11) is 0. The standard InChI is InChI=1S/C25H27N3O3/c1-2-31-22-8-7-19-5-3-4-6-21(19)23(22)24(29)27-17-18-11-15-28(16-12-18)25(30)20-9-13-26-14-10-20/h3-10,13-14,18H,2,11-12,15-17H2,1H3,(H,27,29). The van der Waals surface area contributed by atoms with Gasteiger partial charge in [-0.25, -0.2) is 0 Å². The fourth-order valence-electron chi connectivity index (χ4n) is 4.10. The Morgan fingerprint density at radius 3 is 2.55 bits per heavy atom. The zero-order chi connectivity index (χ0) is 21.6. The molecule has 6 heteroatoms. The fraction of sp³-hybridized carbons (Fsp3) is 0.320. The molecular weight excluding hydrogens is 390 g/mol. The number of hydrogen-bond acceptors (Lipinski definition) is 4. The molecule has 4 rings (SSSR count). The molecule has 1 aliphatic heterocycles. The molecule has 6 nitrogen and oxygen atoms in total. The maximum Gasteiger partial charge on any atom is 0.255 e. The number of amides is 2. The first-order chi connectivity index (χ1) is 15.2. The van der Waals surface area contributed by atoms with E-state index in [-0.39, 0.29) is 11.8 Å². The van der Waals surface area contributed by atoms with Gasteiger partial charge in [-0.2, -0.15) is 0 Å². The number of aromatic nitrogens is 1. The number of likely N-dealkylation sites (tertiary alicyclic amines) is 1. The van der Waals surface area contributed by atoms with Gasteiger partial charge in [0.2, 0.25) is 0 Å². The summed E-state index contributed by atoms with van der Waals surface area (Å²) in [5.41, 5.74) is 1.26. The molecule has 0 unspecified atom stereocenters. The highest BCUT2D eigenvalue weighted by Gasteiger charge is 2.25. The molecule has 2 heterocycles. The molecule has 0 atom stereocenters. The van der Waals surface area contributed by atoms with Gasteiger partial charge in [-0.15, -0.1) is 0 Å². The summed E-state index contributed by atoms with van der Waals surface area (Å²) in [6, 6.07) is 15.2. The van der Waals surface area contributed by atoms with Crippen LogP contribution in [0, 0.1) is 5.92 Å². The summed E-state index contributed by atoms with van der Waals surface area (Å²) < 4.78 is 5.73. The van der Waals surface area contributed by atoms with Crippen molar-refractivity contribution in [1.29, 1.82) is 0 Å². The molecule has 31 heavy (non-hydrogen) atoms. The summed E-state index contributed by atoms with van der Waals surface area (Å²) in [4.78, 5) is 31.5. The second-order valence-corrected chi connectivity index (χ2v) is 7.77. The number of rotatable bonds is 6. The highest BCUT2D eigenvalue weighted by molar-refractivity contribution is 6.09. The predicted molar refractivity (Wildman–Crippen MR) is 120 cm³/mol. The quantitative estimate of drug-likeness (QED) is 0.660. The zero-order valence-corrected chi connectivity index (χ0v) is 17.7. The summed E-state index contributed by atoms with van der Waals surface area (Å²) in [5, 5.41) is 5.01. The van der Waals surface area contributed by atoms with Crippen molar-refractivity contribution in [3.63, 3.8) is 0 Å². The maximum atomic E-state index is 13.1. The lowest BCUT2D eigenvalue weighted by Crippen LogP contribution is -2.41. The Bertz CT molecular complexity index is 1060. The number of carbonyl (C=O) groups excluding carboxylic acids is 2. The number of carbonyl (C=O) groups is 2. The number of nitrogens with zero attached hydrogens (tertiary/aromatic N) is 2. The molecule has 1 fully saturated rings. The molecule has 0 radical (unpaired) electrons. The van der Waals surface area contributed by atoms with Crippen LogP contribution in [0.5, 0.6) is 5.75 Å². The van der Waals surface area contributed by atoms with Crippen LogP contribution in [0.15, 0.2) is 60.9 Å². The van der Waals surface area contributed by atoms with Crippen molar-refractivity contribution >= 4 is 22.6 Å². The van der Waals surface area contributed by atoms with Crippen LogP contribution >= 0.6 is 0 Å². The number of pyridine rings is 1. The third-order valence-electron chi connectivity index (χ3n) is 5.80. The largest absolute Gasteiger partial charge is 0.493 e. The third-order valence-corrected chi connectivity index (χ3v) is 5.80. The Hall–Kier alpha value is -3.41. The predicted octanol–water partition coefficient (Wildman–Crippen LogP) is 3.92. The van der Waals surface area contributed by atoms with E-state index in [1.807, 2.05) is 48.2 Å². The van der Waals surface area contributed by atoms with Crippen LogP contribution in [0.2, 0.25) is 0 Å². The van der Waals surface area contributed by atoms with Crippen molar-refractivity contribution in [3.05, 3.63) is 72.1 Å². The van der Waals surface area contributed by atoms with Gasteiger partial charge in [-0.1, -0.05) is 30.3 Å². The van der Waals surface area contributed by atoms with Gasteiger partial charge in [-0.3, -0.25) is 14.6 Å². The normalized spacial score (nSPS) is 14.4. The number of fused-ring (bicyclic) bond motifs is 1. The molecule has 0 bridgehead atoms. The number of piperidine rings is 1. The minimum Gasteiger partial charge on any atom is -0.493 e. The monoisotopic (exact) mass is 417 g/mol. The van der Waals surface area contributed by atoms with Gasteiger partial charge in [0.15, 0.2) is 0 Å². The van der Waals surface area contributed by atoms with Crippen molar-refractivity contribution in [2.75, 3.05) is 26.2 Å². The second kappa shape index (κ2) is 9.60. The van der Waals surface area contributed by atoms with Crippen LogP contribution in [-0.4, -0.2) is 47.9 Å². The van der Waals surface area contributed by atoms with Crippen molar-refractivity contribution in [1.82, 2.24) is 15.2 Å². The minimum absolute atomic E-state index is 0.0435. The minimum atomic E-state index is -0.115. The molecule has 160 valence electrons. The molecule has 2 amide bonds. The Kier molecular flexibility index (Phi) is 6.46. The van der Waals surface area contributed by atoms with Crippen molar-refractivity contribution in [3.8, 4) is 5.75 Å². The summed E-state index contributed by atoms with van der Waals surface area (Å²) >= 11 is 0. The lowest BCUT2D eigenvalue weighted by molar-refractivity contribution is 0.0684. The highest BCUT2D eigenvalue weighted by Crippen LogP contribution is 2.28. The van der Waals surface area contributed by atoms with Gasteiger partial charge < -0.3 is 15.0 Å². The first-order valence-electron chi connectivity index (χ1n) is 10.8. The summed E-state index contributed by atoms with van der Waals surface area (Å²) in [6.45, 7) is 4.39. The van der Waals surface area contributed by atoms with Gasteiger partial charge in [-0.05, 0) is 54.7 Å². The zero-order valence-electron chi connectivity index (χ0n) is 17.7. The molecule has 0 saturated carbocycles. The number of ether oxygens (including phenoxy) is 1. The average Bonchev–Trinajstić information content (AvgIpc) is 2.83. The third kappa shape index (κ3) is 4.68. The van der Waals surface area contributed by atoms with E-state index in [1.165, 1.54) is 0 Å². The van der Waals surface area contributed by atoms with E-state index in [0.29, 0.717) is 49.0 Å². The summed E-state index contributed by atoms with van der Waals surface area (Å²) in [5.74, 6) is 0.880. The smallest absolute Gasteiger partial charge is 0.255 e. The Morgan fingerprint density at radius 1 is 1.06 bits per heavy atom. The Balaban J connectivity index is 1.38. The molecule has 0 aliphatic carbocycles. The van der Waals surface area contributed by atoms with Gasteiger partial charge >= 0.3 is 0 Å². The van der Waals surface area contributed by atoms with Crippen LogP contribution in [0.3, 0.4) is 0 Å². The van der Waals surface area contributed by atoms with Crippen LogP contribution in [-0.2, 0) is 0 Å². The molecule has 1 N–H and O–H groups in total. The SMILES string of the molecule is CCOc1ccc2ccccc2c1C(=O)NCC1CCN(C(=O)c2ccncc2)CC1. The molecule has 1 aromatic heterocycles. The first kappa shape index (κ1) is 20.8. The Morgan fingerprint density at radius 2 is 1.81 bits per heavy atom. The average molecular weight is 418 g/mol. The van der Waals surface area contributed by atoms with Crippen molar-refractivity contribution < 1.29 is 14.3 Å². The highest BCUT2D eigenvalue weighted by atomic mass is 16.5. The molecule has 1 saturated heterocycles. The number of benzene rings is 2. The van der Waals surface area contributed by atoms with E-state index in [0.717, 1.165) is 23.6 Å². The van der Waals surface area contributed by atoms with Gasteiger partial charge in [0, 0.05) is 37.6 Å². The lowest BCUT2D eigenvalue weighted by Gasteiger charge is -2.32. The topological polar surface area (TPSA) is 71.5 Å². The van der Waals surface area contributed by atoms with Gasteiger partial charge in [0.25, 0.3) is 11.8 Å². The van der Waals surface area contributed by atoms with E-state index in [4.69, 9.17) is 4.74 Å². The van der Waals surface area contributed by atoms with Gasteiger partial charge in [0.1, 0.15) is 5.75 Å². The lowest BCUT2D eigenvalue weighted by atomic mass is 9.96. The van der Waals surface area contributed by atoms with E-state index >= 15 is 0 Å². The fourth-order valence-corrected chi connectivity index (χ4v) is 4.10. The van der Waals surface area contributed by atoms with Crippen molar-refractivity contribution in [2.45, 2.75) is 19.8 Å². The van der Waals surface area contributed by atoms with Crippen molar-refractivity contribution in [2.24, 2.45) is 5.92 Å². The molecule has 2 aromatic carbocycles. The van der Waals surface area contributed by atoms with E-state index in [2.05, 4.69) is 10.3 Å². The molecule has 0 spiro atoms. The number of hydrogen-bond donors (Lipinski definition) is 1. The van der Waals surface area contributed by atoms with Crippen LogP contribution in [0.25, 0.3) is 10.8 Å². The van der Waals surface area contributed by atoms with Crippen LogP contribution in [0.4, 0.5) is 0 Å². The first-order valence-corrected chi connectivity index (χ1v) is 10.8. The maximum absolute atomic E-state index is 13.1. The van der Waals surface area contributed by atoms with Crippen LogP contribution < -0.4 is 10.1 Å². The van der Waals surface area contributed by atoms with E-state index < -0.39 is 0 Å². The summed E-state index contributed by atoms with van der Waals surface area (Å²) in [6.07, 6.45) is 5.01. The molecule has 3 aromatic rings. The molecular formula is C25H27N3O3. The van der Waals surface area contributed by atoms with E-state index in [1.54, 1.807) is 24.5 Å². The molecule has 1 aliphatic rings. The van der Waals surface area contributed by atoms with E-state index in [9.17, 15) is 9.59 Å². The Labute approximate surface area is 182 Å². The number of nitrogens with one attached hydrogen (secondary N) is 1. The second-order valence-electron chi connectivity index (χ2n) is 7.77.